The summed E-state index contributed by atoms with van der Waals surface area (Å²) in [5.74, 6) is -0.261. The fourth-order valence-electron chi connectivity index (χ4n) is 1.15. The van der Waals surface area contributed by atoms with Gasteiger partial charge in [0.1, 0.15) is 5.69 Å². The number of carbonyl (C=O) groups excluding carboxylic acids is 1. The molecule has 0 saturated carbocycles. The Morgan fingerprint density at radius 1 is 1.40 bits per heavy atom. The summed E-state index contributed by atoms with van der Waals surface area (Å²) in [5, 5.41) is 1.68. The van der Waals surface area contributed by atoms with Crippen LogP contribution >= 0.6 is 0 Å². The van der Waals surface area contributed by atoms with Gasteiger partial charge in [-0.2, -0.15) is 0 Å². The molecule has 15 heavy (non-hydrogen) atoms. The standard InChI is InChI=1S/C10H10N4O/c15-10(9-8-11-4-5-12-9)13-14-6-2-1-3-7-14/h1-6,8H,7H2,(H,13,15). The van der Waals surface area contributed by atoms with Gasteiger partial charge in [-0.05, 0) is 6.08 Å². The van der Waals surface area contributed by atoms with Gasteiger partial charge < -0.3 is 0 Å². The Hall–Kier alpha value is -2.17. The molecule has 0 atom stereocenters. The minimum Gasteiger partial charge on any atom is -0.289 e. The second-order valence-corrected chi connectivity index (χ2v) is 2.95. The monoisotopic (exact) mass is 202 g/mol. The average molecular weight is 202 g/mol. The molecule has 76 valence electrons. The highest BCUT2D eigenvalue weighted by atomic mass is 16.2. The molecule has 1 amide bonds. The van der Waals surface area contributed by atoms with Crippen LogP contribution in [0.1, 0.15) is 10.5 Å². The number of hydrazine groups is 1. The molecular weight excluding hydrogens is 192 g/mol. The van der Waals surface area contributed by atoms with E-state index in [1.165, 1.54) is 18.6 Å². The highest BCUT2D eigenvalue weighted by molar-refractivity contribution is 5.91. The van der Waals surface area contributed by atoms with Crippen molar-refractivity contribution in [1.29, 1.82) is 0 Å². The van der Waals surface area contributed by atoms with Crippen molar-refractivity contribution in [3.63, 3.8) is 0 Å². The van der Waals surface area contributed by atoms with E-state index in [4.69, 9.17) is 0 Å². The summed E-state index contributed by atoms with van der Waals surface area (Å²) in [4.78, 5) is 19.3. The zero-order valence-electron chi connectivity index (χ0n) is 8.00. The van der Waals surface area contributed by atoms with Crippen LogP contribution in [0.2, 0.25) is 0 Å². The maximum Gasteiger partial charge on any atom is 0.289 e. The first-order valence-corrected chi connectivity index (χ1v) is 4.53. The second kappa shape index (κ2) is 4.36. The van der Waals surface area contributed by atoms with E-state index in [0.29, 0.717) is 12.2 Å². The van der Waals surface area contributed by atoms with Crippen molar-refractivity contribution in [1.82, 2.24) is 20.4 Å². The van der Waals surface area contributed by atoms with Crippen LogP contribution in [0.4, 0.5) is 0 Å². The van der Waals surface area contributed by atoms with Crippen LogP contribution in [0, 0.1) is 0 Å². The van der Waals surface area contributed by atoms with E-state index in [1.807, 2.05) is 18.2 Å². The molecule has 5 heteroatoms. The van der Waals surface area contributed by atoms with E-state index in [0.717, 1.165) is 0 Å². The molecule has 2 rings (SSSR count). The predicted octanol–water partition coefficient (Wildman–Crippen LogP) is 0.507. The number of amides is 1. The first-order valence-electron chi connectivity index (χ1n) is 4.53. The minimum atomic E-state index is -0.261. The fourth-order valence-corrected chi connectivity index (χ4v) is 1.15. The summed E-state index contributed by atoms with van der Waals surface area (Å²) < 4.78 is 0. The number of rotatable bonds is 2. The molecule has 0 fully saturated rings. The molecule has 1 aliphatic heterocycles. The molecule has 1 aromatic rings. The van der Waals surface area contributed by atoms with Crippen LogP contribution in [-0.2, 0) is 0 Å². The molecule has 0 bridgehead atoms. The first-order chi connectivity index (χ1) is 7.36. The predicted molar refractivity (Wildman–Crippen MR) is 54.5 cm³/mol. The second-order valence-electron chi connectivity index (χ2n) is 2.95. The molecule has 1 N–H and O–H groups in total. The van der Waals surface area contributed by atoms with Crippen molar-refractivity contribution >= 4 is 5.91 Å². The Morgan fingerprint density at radius 3 is 3.00 bits per heavy atom. The summed E-state index contributed by atoms with van der Waals surface area (Å²) in [6, 6.07) is 0. The lowest BCUT2D eigenvalue weighted by Crippen LogP contribution is -2.39. The van der Waals surface area contributed by atoms with Gasteiger partial charge in [0.25, 0.3) is 5.91 Å². The number of hydrogen-bond donors (Lipinski definition) is 1. The van der Waals surface area contributed by atoms with E-state index in [1.54, 1.807) is 11.2 Å². The van der Waals surface area contributed by atoms with Crippen molar-refractivity contribution in [3.8, 4) is 0 Å². The number of aromatic nitrogens is 2. The summed E-state index contributed by atoms with van der Waals surface area (Å²) in [7, 11) is 0. The van der Waals surface area contributed by atoms with Crippen molar-refractivity contribution in [2.75, 3.05) is 6.54 Å². The zero-order valence-corrected chi connectivity index (χ0v) is 8.00. The van der Waals surface area contributed by atoms with Crippen molar-refractivity contribution in [2.24, 2.45) is 0 Å². The van der Waals surface area contributed by atoms with E-state index in [9.17, 15) is 4.79 Å². The van der Waals surface area contributed by atoms with Gasteiger partial charge in [0.15, 0.2) is 0 Å². The van der Waals surface area contributed by atoms with Crippen molar-refractivity contribution in [2.45, 2.75) is 0 Å². The van der Waals surface area contributed by atoms with Gasteiger partial charge >= 0.3 is 0 Å². The van der Waals surface area contributed by atoms with Gasteiger partial charge in [-0.15, -0.1) is 0 Å². The summed E-state index contributed by atoms with van der Waals surface area (Å²) in [6.45, 7) is 0.655. The van der Waals surface area contributed by atoms with Gasteiger partial charge in [-0.25, -0.2) is 4.98 Å². The quantitative estimate of drug-likeness (QED) is 0.759. The zero-order chi connectivity index (χ0) is 10.5. The Bertz CT molecular complexity index is 399. The van der Waals surface area contributed by atoms with Gasteiger partial charge in [0.2, 0.25) is 0 Å². The van der Waals surface area contributed by atoms with E-state index >= 15 is 0 Å². The Balaban J connectivity index is 1.98. The summed E-state index contributed by atoms with van der Waals surface area (Å²) >= 11 is 0. The largest absolute Gasteiger partial charge is 0.289 e. The lowest BCUT2D eigenvalue weighted by Gasteiger charge is -2.20. The number of allylic oxidation sites excluding steroid dienone is 2. The van der Waals surface area contributed by atoms with Gasteiger partial charge in [0.05, 0.1) is 12.7 Å². The van der Waals surface area contributed by atoms with Crippen LogP contribution in [0.15, 0.2) is 43.0 Å². The van der Waals surface area contributed by atoms with Crippen LogP contribution in [-0.4, -0.2) is 27.4 Å². The maximum atomic E-state index is 11.6. The lowest BCUT2D eigenvalue weighted by atomic mass is 10.4. The third kappa shape index (κ3) is 2.40. The highest BCUT2D eigenvalue weighted by Crippen LogP contribution is 1.96. The SMILES string of the molecule is O=C(NN1C=CC=CC1)c1cnccn1. The molecule has 5 nitrogen and oxygen atoms in total. The fraction of sp³-hybridized carbons (Fsp3) is 0.100. The molecule has 1 aliphatic rings. The first kappa shape index (κ1) is 9.39. The Kier molecular flexibility index (Phi) is 2.73. The Labute approximate surface area is 87.1 Å². The summed E-state index contributed by atoms with van der Waals surface area (Å²) in [6.07, 6.45) is 11.9. The third-order valence-electron chi connectivity index (χ3n) is 1.86. The van der Waals surface area contributed by atoms with Gasteiger partial charge in [0, 0.05) is 18.6 Å². The molecule has 0 unspecified atom stereocenters. The normalized spacial score (nSPS) is 14.0. The van der Waals surface area contributed by atoms with Crippen LogP contribution in [0.25, 0.3) is 0 Å². The lowest BCUT2D eigenvalue weighted by molar-refractivity contribution is 0.0855. The van der Waals surface area contributed by atoms with E-state index < -0.39 is 0 Å². The van der Waals surface area contributed by atoms with E-state index in [-0.39, 0.29) is 5.91 Å². The van der Waals surface area contributed by atoms with Crippen LogP contribution in [0.5, 0.6) is 0 Å². The number of nitrogens with one attached hydrogen (secondary N) is 1. The van der Waals surface area contributed by atoms with Gasteiger partial charge in [-0.3, -0.25) is 20.2 Å². The molecular formula is C10H10N4O. The highest BCUT2D eigenvalue weighted by Gasteiger charge is 2.09. The molecule has 0 spiro atoms. The minimum absolute atomic E-state index is 0.261. The molecule has 0 aliphatic carbocycles. The molecule has 2 heterocycles. The van der Waals surface area contributed by atoms with Crippen molar-refractivity contribution in [3.05, 3.63) is 48.7 Å². The summed E-state index contributed by atoms with van der Waals surface area (Å²) in [5.41, 5.74) is 2.99. The maximum absolute atomic E-state index is 11.6. The topological polar surface area (TPSA) is 58.1 Å². The molecule has 1 aromatic heterocycles. The van der Waals surface area contributed by atoms with E-state index in [2.05, 4.69) is 15.4 Å². The Morgan fingerprint density at radius 2 is 2.33 bits per heavy atom. The average Bonchev–Trinajstić information content (AvgIpc) is 2.31. The molecule has 0 radical (unpaired) electrons. The third-order valence-corrected chi connectivity index (χ3v) is 1.86. The van der Waals surface area contributed by atoms with Crippen LogP contribution < -0.4 is 5.43 Å². The number of nitrogens with zero attached hydrogens (tertiary/aromatic N) is 3. The smallest absolute Gasteiger partial charge is 0.289 e. The number of hydrogen-bond acceptors (Lipinski definition) is 4. The van der Waals surface area contributed by atoms with Gasteiger partial charge in [-0.1, -0.05) is 12.2 Å². The number of carbonyl (C=O) groups is 1. The molecule has 0 saturated heterocycles. The van der Waals surface area contributed by atoms with Crippen molar-refractivity contribution < 1.29 is 4.79 Å². The van der Waals surface area contributed by atoms with Crippen LogP contribution in [0.3, 0.4) is 0 Å². The molecule has 0 aromatic carbocycles.